The maximum atomic E-state index is 6.24. The molecule has 12 unspecified atom stereocenters. The van der Waals surface area contributed by atoms with Gasteiger partial charge in [-0.05, 0) is 166 Å². The van der Waals surface area contributed by atoms with Crippen LogP contribution in [0.3, 0.4) is 0 Å². The molecule has 0 amide bonds. The van der Waals surface area contributed by atoms with Gasteiger partial charge >= 0.3 is 12.0 Å². The largest absolute Gasteiger partial charge is 0.344 e. The number of hydrogen-bond acceptors (Lipinski definition) is 0. The van der Waals surface area contributed by atoms with Gasteiger partial charge in [-0.25, -0.2) is 0 Å². The van der Waals surface area contributed by atoms with Crippen LogP contribution in [0.25, 0.3) is 0 Å². The number of rotatable bonds is 8. The molecule has 0 aromatic carbocycles. The molecule has 0 nitrogen and oxygen atoms in total. The number of halogens is 10. The standard InChI is InChI=1S/C10H18Cl2Si.C9H15Cl3Si.C8H14Cl2Si.C7H11Cl3Si/c1-13(11,12)5-4-10-7-8-2-3-9(10)6-8;10-13(11,12)4-3-9-6-7-1-2-8(9)5-7;1-11(9,10)8-5-6-2-3-7(8)4-6;8-11(9,10)7-4-5-1-2-6(7)3-5/h8-10H,2-7H2,1H3;7-9H,1-6H2;6-8H,2-5H2,1H3;5-7H,1-4H2. The summed E-state index contributed by atoms with van der Waals surface area (Å²) in [4.78, 5) is 0. The second kappa shape index (κ2) is 17.9. The fourth-order valence-electron chi connectivity index (χ4n) is 11.8. The molecule has 0 N–H and O–H groups in total. The maximum absolute atomic E-state index is 6.24. The molecule has 8 fully saturated rings. The Morgan fingerprint density at radius 1 is 0.417 bits per heavy atom. The van der Waals surface area contributed by atoms with Gasteiger partial charge in [-0.3, -0.25) is 0 Å². The van der Waals surface area contributed by atoms with E-state index in [1.807, 2.05) is 6.55 Å². The highest BCUT2D eigenvalue weighted by molar-refractivity contribution is 7.65. The average molecular weight is 934 g/mol. The van der Waals surface area contributed by atoms with Crippen molar-refractivity contribution in [1.29, 1.82) is 0 Å². The lowest BCUT2D eigenvalue weighted by Crippen LogP contribution is -2.26. The highest BCUT2D eigenvalue weighted by atomic mass is 35.8. The first-order valence-corrected chi connectivity index (χ1v) is 38.8. The van der Waals surface area contributed by atoms with Gasteiger partial charge in [0.25, 0.3) is 6.69 Å². The first kappa shape index (κ1) is 42.9. The molecule has 14 heteroatoms. The van der Waals surface area contributed by atoms with Crippen LogP contribution in [0, 0.1) is 59.2 Å². The fraction of sp³-hybridized carbons (Fsp3) is 1.00. The Morgan fingerprint density at radius 2 is 0.792 bits per heavy atom. The minimum atomic E-state index is -2.36. The van der Waals surface area contributed by atoms with E-state index in [-0.39, 0.29) is 0 Å². The van der Waals surface area contributed by atoms with E-state index in [0.717, 1.165) is 71.3 Å². The van der Waals surface area contributed by atoms with E-state index in [4.69, 9.17) is 111 Å². The highest BCUT2D eigenvalue weighted by Gasteiger charge is 2.51. The number of fused-ring (bicyclic) bond motifs is 8. The quantitative estimate of drug-likeness (QED) is 0.168. The predicted molar refractivity (Wildman–Crippen MR) is 228 cm³/mol. The van der Waals surface area contributed by atoms with Gasteiger partial charge in [0.1, 0.15) is 0 Å². The normalized spacial score (nSPS) is 40.8. The van der Waals surface area contributed by atoms with Crippen LogP contribution in [0.2, 0.25) is 36.3 Å². The van der Waals surface area contributed by atoms with Crippen molar-refractivity contribution in [1.82, 2.24) is 0 Å². The van der Waals surface area contributed by atoms with Crippen molar-refractivity contribution in [3.05, 3.63) is 0 Å². The summed E-state index contributed by atoms with van der Waals surface area (Å²) in [5, 5.41) is 0. The Kier molecular flexibility index (Phi) is 16.0. The summed E-state index contributed by atoms with van der Waals surface area (Å²) < 4.78 is 0. The first-order chi connectivity index (χ1) is 22.2. The lowest BCUT2D eigenvalue weighted by atomic mass is 9.87. The van der Waals surface area contributed by atoms with E-state index in [9.17, 15) is 0 Å². The first-order valence-electron chi connectivity index (χ1n) is 19.1. The van der Waals surface area contributed by atoms with Crippen molar-refractivity contribution in [2.45, 2.75) is 152 Å². The molecule has 0 aromatic rings. The summed E-state index contributed by atoms with van der Waals surface area (Å²) >= 11 is 60.4. The van der Waals surface area contributed by atoms with Crippen LogP contribution in [0.4, 0.5) is 0 Å². The summed E-state index contributed by atoms with van der Waals surface area (Å²) in [5.41, 5.74) is 1.19. The molecule has 0 radical (unpaired) electrons. The van der Waals surface area contributed by atoms with Crippen LogP contribution in [0.5, 0.6) is 0 Å². The molecule has 0 aliphatic heterocycles. The van der Waals surface area contributed by atoms with Gasteiger partial charge in [0.2, 0.25) is 6.69 Å². The van der Waals surface area contributed by atoms with Gasteiger partial charge in [0, 0.05) is 0 Å². The Balaban J connectivity index is 0.000000126. The second-order valence-electron chi connectivity index (χ2n) is 17.7. The Bertz CT molecular complexity index is 947. The topological polar surface area (TPSA) is 0 Å². The minimum absolute atomic E-state index is 0.478. The molecule has 0 spiro atoms. The molecule has 0 aromatic heterocycles. The van der Waals surface area contributed by atoms with E-state index in [2.05, 4.69) is 6.55 Å². The van der Waals surface area contributed by atoms with E-state index >= 15 is 0 Å². The molecule has 8 rings (SSSR count). The van der Waals surface area contributed by atoms with Crippen molar-refractivity contribution in [3.63, 3.8) is 0 Å². The smallest absolute Gasteiger partial charge is 0.146 e. The SMILES string of the molecule is C[Si](Cl)(Cl)C1CC2CCC1C2.C[Si](Cl)(Cl)CCC1CC2CCC1C2.Cl[Si](Cl)(Cl)C1CC2CCC1C2.Cl[Si](Cl)(Cl)CCC1CC2CCC1C2. The van der Waals surface area contributed by atoms with Gasteiger partial charge in [0.05, 0.1) is 0 Å². The van der Waals surface area contributed by atoms with Crippen LogP contribution in [0.15, 0.2) is 0 Å². The molecule has 8 aliphatic rings. The van der Waals surface area contributed by atoms with Crippen LogP contribution >= 0.6 is 111 Å². The molecule has 280 valence electrons. The number of hydrogen-bond donors (Lipinski definition) is 0. The Labute approximate surface area is 343 Å². The highest BCUT2D eigenvalue weighted by Crippen LogP contribution is 2.59. The summed E-state index contributed by atoms with van der Waals surface area (Å²) in [5.74, 6) is 9.50. The zero-order valence-corrected chi connectivity index (χ0v) is 40.4. The molecule has 48 heavy (non-hydrogen) atoms. The Hall–Kier alpha value is 3.77. The van der Waals surface area contributed by atoms with Crippen molar-refractivity contribution >= 4 is 136 Å². The third-order valence-corrected chi connectivity index (χ3v) is 26.7. The lowest BCUT2D eigenvalue weighted by Gasteiger charge is -2.27. The van der Waals surface area contributed by atoms with Crippen LogP contribution in [-0.4, -0.2) is 25.4 Å². The third-order valence-electron chi connectivity index (χ3n) is 14.1. The lowest BCUT2D eigenvalue weighted by molar-refractivity contribution is 0.324. The summed E-state index contributed by atoms with van der Waals surface area (Å²) in [6.07, 6.45) is 25.1. The van der Waals surface area contributed by atoms with E-state index in [1.54, 1.807) is 0 Å². The zero-order chi connectivity index (χ0) is 35.1. The predicted octanol–water partition coefficient (Wildman–Crippen LogP) is 16.4. The molecule has 8 aliphatic carbocycles. The van der Waals surface area contributed by atoms with Gasteiger partial charge in [0.15, 0.2) is 0 Å². The van der Waals surface area contributed by atoms with Gasteiger partial charge in [-0.2, -0.15) is 0 Å². The van der Waals surface area contributed by atoms with Crippen molar-refractivity contribution in [2.75, 3.05) is 0 Å². The zero-order valence-electron chi connectivity index (χ0n) is 28.8. The minimum Gasteiger partial charge on any atom is -0.146 e. The molecule has 0 saturated heterocycles. The summed E-state index contributed by atoms with van der Waals surface area (Å²) in [6, 6.07) is -2.73. The van der Waals surface area contributed by atoms with Crippen molar-refractivity contribution in [3.8, 4) is 0 Å². The van der Waals surface area contributed by atoms with Crippen LogP contribution < -0.4 is 0 Å². The van der Waals surface area contributed by atoms with E-state index in [0.29, 0.717) is 11.1 Å². The van der Waals surface area contributed by atoms with Crippen LogP contribution in [0.1, 0.15) is 116 Å². The molecule has 12 atom stereocenters. The molecule has 8 bridgehead atoms. The fourth-order valence-corrected chi connectivity index (χ4v) is 22.3. The van der Waals surface area contributed by atoms with Gasteiger partial charge < -0.3 is 0 Å². The average Bonchev–Trinajstić information content (AvgIpc) is 3.84. The van der Waals surface area contributed by atoms with Crippen LogP contribution in [-0.2, 0) is 0 Å². The maximum Gasteiger partial charge on any atom is 0.344 e. The summed E-state index contributed by atoms with van der Waals surface area (Å²) in [7, 11) is 0. The monoisotopic (exact) mass is 928 g/mol. The van der Waals surface area contributed by atoms with Gasteiger partial charge in [-0.15, -0.1) is 111 Å². The molecular formula is C34H58Cl10Si4. The van der Waals surface area contributed by atoms with Crippen molar-refractivity contribution < 1.29 is 0 Å². The van der Waals surface area contributed by atoms with Crippen molar-refractivity contribution in [2.24, 2.45) is 59.2 Å². The third kappa shape index (κ3) is 12.9. The van der Waals surface area contributed by atoms with E-state index < -0.39 is 25.4 Å². The summed E-state index contributed by atoms with van der Waals surface area (Å²) in [6.45, 7) is 0.489. The molecular weight excluding hydrogens is 875 g/mol. The molecule has 8 saturated carbocycles. The second-order valence-corrected chi connectivity index (χ2v) is 52.1. The van der Waals surface area contributed by atoms with Gasteiger partial charge in [-0.1, -0.05) is 44.9 Å². The van der Waals surface area contributed by atoms with E-state index in [1.165, 1.54) is 116 Å². The Morgan fingerprint density at radius 3 is 1.02 bits per heavy atom. The molecule has 0 heterocycles.